The van der Waals surface area contributed by atoms with E-state index in [9.17, 15) is 4.79 Å². The molecule has 0 atom stereocenters. The molecular formula is C15H16N2O2. The molecule has 98 valence electrons. The number of nitrogens with zero attached hydrogens (tertiary/aromatic N) is 2. The summed E-state index contributed by atoms with van der Waals surface area (Å²) in [5.74, 6) is -0.320. The molecule has 1 aromatic carbocycles. The van der Waals surface area contributed by atoms with Crippen molar-refractivity contribution in [1.82, 2.24) is 4.98 Å². The van der Waals surface area contributed by atoms with Gasteiger partial charge in [0, 0.05) is 18.5 Å². The molecule has 0 unspecified atom stereocenters. The fourth-order valence-corrected chi connectivity index (χ4v) is 2.05. The molecule has 19 heavy (non-hydrogen) atoms. The van der Waals surface area contributed by atoms with Crippen molar-refractivity contribution in [2.24, 2.45) is 0 Å². The molecule has 0 aliphatic carbocycles. The van der Waals surface area contributed by atoms with Gasteiger partial charge in [-0.25, -0.2) is 9.78 Å². The molecule has 0 saturated carbocycles. The zero-order valence-corrected chi connectivity index (χ0v) is 10.8. The van der Waals surface area contributed by atoms with Crippen LogP contribution < -0.4 is 4.90 Å². The minimum atomic E-state index is -1.01. The Morgan fingerprint density at radius 2 is 2.21 bits per heavy atom. The lowest BCUT2D eigenvalue weighted by atomic mass is 10.1. The molecule has 1 aromatic heterocycles. The fraction of sp³-hybridized carbons (Fsp3) is 0.200. The zero-order chi connectivity index (χ0) is 13.8. The van der Waals surface area contributed by atoms with Crippen LogP contribution in [-0.4, -0.2) is 29.1 Å². The van der Waals surface area contributed by atoms with Crippen LogP contribution >= 0.6 is 0 Å². The predicted octanol–water partition coefficient (Wildman–Crippen LogP) is 2.95. The second kappa shape index (κ2) is 5.52. The lowest BCUT2D eigenvalue weighted by Gasteiger charge is -2.22. The number of pyridine rings is 1. The topological polar surface area (TPSA) is 53.4 Å². The van der Waals surface area contributed by atoms with E-state index in [4.69, 9.17) is 5.11 Å². The van der Waals surface area contributed by atoms with E-state index >= 15 is 0 Å². The number of carboxylic acids is 1. The zero-order valence-electron chi connectivity index (χ0n) is 10.8. The lowest BCUT2D eigenvalue weighted by Crippen LogP contribution is -2.24. The average Bonchev–Trinajstić information content (AvgIpc) is 2.43. The maximum atomic E-state index is 11.2. The van der Waals surface area contributed by atoms with Crippen LogP contribution in [0, 0.1) is 0 Å². The number of hydrogen-bond donors (Lipinski definition) is 1. The third kappa shape index (κ3) is 2.57. The van der Waals surface area contributed by atoms with E-state index in [-0.39, 0.29) is 5.69 Å². The van der Waals surface area contributed by atoms with E-state index in [0.29, 0.717) is 12.4 Å². The number of carbonyl (C=O) groups is 1. The SMILES string of the molecule is C=CCN(CC)c1nc(C(=O)O)cc2ccccc12. The van der Waals surface area contributed by atoms with E-state index in [1.807, 2.05) is 36.1 Å². The summed E-state index contributed by atoms with van der Waals surface area (Å²) in [6, 6.07) is 9.27. The first-order valence-corrected chi connectivity index (χ1v) is 6.16. The van der Waals surface area contributed by atoms with Crippen LogP contribution in [0.2, 0.25) is 0 Å². The Kier molecular flexibility index (Phi) is 3.80. The second-order valence-corrected chi connectivity index (χ2v) is 4.18. The van der Waals surface area contributed by atoms with Gasteiger partial charge >= 0.3 is 5.97 Å². The maximum absolute atomic E-state index is 11.2. The number of benzene rings is 1. The van der Waals surface area contributed by atoms with Crippen molar-refractivity contribution in [3.8, 4) is 0 Å². The third-order valence-electron chi connectivity index (χ3n) is 2.97. The van der Waals surface area contributed by atoms with E-state index in [1.165, 1.54) is 0 Å². The molecule has 0 bridgehead atoms. The van der Waals surface area contributed by atoms with Crippen LogP contribution in [0.5, 0.6) is 0 Å². The Morgan fingerprint density at radius 1 is 1.47 bits per heavy atom. The van der Waals surface area contributed by atoms with Crippen LogP contribution in [0.1, 0.15) is 17.4 Å². The van der Waals surface area contributed by atoms with Gasteiger partial charge < -0.3 is 10.0 Å². The maximum Gasteiger partial charge on any atom is 0.354 e. The monoisotopic (exact) mass is 256 g/mol. The van der Waals surface area contributed by atoms with E-state index < -0.39 is 5.97 Å². The summed E-state index contributed by atoms with van der Waals surface area (Å²) in [4.78, 5) is 17.4. The van der Waals surface area contributed by atoms with Gasteiger partial charge in [0.15, 0.2) is 5.69 Å². The Hall–Kier alpha value is -2.36. The number of hydrogen-bond acceptors (Lipinski definition) is 3. The molecule has 4 nitrogen and oxygen atoms in total. The molecule has 0 saturated heterocycles. The summed E-state index contributed by atoms with van der Waals surface area (Å²) in [5, 5.41) is 11.0. The van der Waals surface area contributed by atoms with Gasteiger partial charge in [0.05, 0.1) is 0 Å². The predicted molar refractivity (Wildman–Crippen MR) is 76.8 cm³/mol. The standard InChI is InChI=1S/C15H16N2O2/c1-3-9-17(4-2)14-12-8-6-5-7-11(12)10-13(16-14)15(18)19/h3,5-8,10H,1,4,9H2,2H3,(H,18,19). The highest BCUT2D eigenvalue weighted by Crippen LogP contribution is 2.25. The number of aromatic nitrogens is 1. The average molecular weight is 256 g/mol. The van der Waals surface area contributed by atoms with Crippen molar-refractivity contribution >= 4 is 22.6 Å². The minimum absolute atomic E-state index is 0.0659. The van der Waals surface area contributed by atoms with Gasteiger partial charge in [0.25, 0.3) is 0 Å². The molecular weight excluding hydrogens is 240 g/mol. The van der Waals surface area contributed by atoms with Crippen LogP contribution in [0.25, 0.3) is 10.8 Å². The molecule has 0 spiro atoms. The van der Waals surface area contributed by atoms with Crippen LogP contribution in [0.4, 0.5) is 5.82 Å². The first-order valence-electron chi connectivity index (χ1n) is 6.16. The quantitative estimate of drug-likeness (QED) is 0.836. The fourth-order valence-electron chi connectivity index (χ4n) is 2.05. The number of aromatic carboxylic acids is 1. The summed E-state index contributed by atoms with van der Waals surface area (Å²) in [6.45, 7) is 7.11. The second-order valence-electron chi connectivity index (χ2n) is 4.18. The molecule has 1 heterocycles. The summed E-state index contributed by atoms with van der Waals surface area (Å²) in [6.07, 6.45) is 1.79. The van der Waals surface area contributed by atoms with Gasteiger partial charge in [-0.3, -0.25) is 0 Å². The Morgan fingerprint density at radius 3 is 2.84 bits per heavy atom. The Labute approximate surface area is 112 Å². The normalized spacial score (nSPS) is 10.4. The van der Waals surface area contributed by atoms with Crippen LogP contribution in [-0.2, 0) is 0 Å². The first-order chi connectivity index (χ1) is 9.17. The summed E-state index contributed by atoms with van der Waals surface area (Å²) < 4.78 is 0. The number of carboxylic acid groups (broad SMARTS) is 1. The van der Waals surface area contributed by atoms with E-state index in [2.05, 4.69) is 11.6 Å². The molecule has 0 amide bonds. The van der Waals surface area contributed by atoms with Crippen molar-refractivity contribution in [3.63, 3.8) is 0 Å². The largest absolute Gasteiger partial charge is 0.477 e. The molecule has 1 N–H and O–H groups in total. The van der Waals surface area contributed by atoms with Gasteiger partial charge in [-0.05, 0) is 18.4 Å². The van der Waals surface area contributed by atoms with Crippen LogP contribution in [0.15, 0.2) is 43.0 Å². The van der Waals surface area contributed by atoms with Gasteiger partial charge in [-0.2, -0.15) is 0 Å². The molecule has 0 fully saturated rings. The van der Waals surface area contributed by atoms with Gasteiger partial charge in [-0.1, -0.05) is 30.3 Å². The van der Waals surface area contributed by atoms with E-state index in [1.54, 1.807) is 12.1 Å². The van der Waals surface area contributed by atoms with Gasteiger partial charge in [0.2, 0.25) is 0 Å². The molecule has 0 aliphatic heterocycles. The van der Waals surface area contributed by atoms with Gasteiger partial charge in [0.1, 0.15) is 5.82 Å². The summed E-state index contributed by atoms with van der Waals surface area (Å²) in [7, 11) is 0. The molecule has 0 aliphatic rings. The molecule has 2 aromatic rings. The van der Waals surface area contributed by atoms with E-state index in [0.717, 1.165) is 17.3 Å². The lowest BCUT2D eigenvalue weighted by molar-refractivity contribution is 0.0691. The third-order valence-corrected chi connectivity index (χ3v) is 2.97. The summed E-state index contributed by atoms with van der Waals surface area (Å²) >= 11 is 0. The number of likely N-dealkylation sites (N-methyl/N-ethyl adjacent to an activating group) is 1. The van der Waals surface area contributed by atoms with Crippen molar-refractivity contribution < 1.29 is 9.90 Å². The Balaban J connectivity index is 2.68. The van der Waals surface area contributed by atoms with Crippen molar-refractivity contribution in [2.75, 3.05) is 18.0 Å². The Bertz CT molecular complexity index is 623. The van der Waals surface area contributed by atoms with Gasteiger partial charge in [-0.15, -0.1) is 6.58 Å². The van der Waals surface area contributed by atoms with Crippen molar-refractivity contribution in [3.05, 3.63) is 48.7 Å². The first kappa shape index (κ1) is 13.1. The molecule has 2 rings (SSSR count). The highest BCUT2D eigenvalue weighted by molar-refractivity contribution is 5.98. The number of anilines is 1. The van der Waals surface area contributed by atoms with Crippen molar-refractivity contribution in [2.45, 2.75) is 6.92 Å². The highest BCUT2D eigenvalue weighted by Gasteiger charge is 2.14. The van der Waals surface area contributed by atoms with Crippen LogP contribution in [0.3, 0.4) is 0 Å². The summed E-state index contributed by atoms with van der Waals surface area (Å²) in [5.41, 5.74) is 0.0659. The number of fused-ring (bicyclic) bond motifs is 1. The number of rotatable bonds is 5. The van der Waals surface area contributed by atoms with Crippen molar-refractivity contribution in [1.29, 1.82) is 0 Å². The minimum Gasteiger partial charge on any atom is -0.477 e. The molecule has 0 radical (unpaired) electrons. The highest BCUT2D eigenvalue weighted by atomic mass is 16.4. The molecule has 4 heteroatoms. The smallest absolute Gasteiger partial charge is 0.354 e.